The Bertz CT molecular complexity index is 990. The molecule has 2 aromatic heterocycles. The molecule has 3 heterocycles. The highest BCUT2D eigenvalue weighted by atomic mass is 19.1. The Morgan fingerprint density at radius 2 is 2.15 bits per heavy atom. The summed E-state index contributed by atoms with van der Waals surface area (Å²) in [6.07, 6.45) is 2.01. The number of aromatic nitrogens is 3. The monoisotopic (exact) mass is 351 g/mol. The van der Waals surface area contributed by atoms with E-state index in [-0.39, 0.29) is 5.84 Å². The summed E-state index contributed by atoms with van der Waals surface area (Å²) in [6, 6.07) is 9.36. The summed E-state index contributed by atoms with van der Waals surface area (Å²) >= 11 is 0. The van der Waals surface area contributed by atoms with Gasteiger partial charge in [0.2, 0.25) is 0 Å². The molecule has 1 aliphatic rings. The van der Waals surface area contributed by atoms with Crippen molar-refractivity contribution in [2.24, 2.45) is 0 Å². The third-order valence-corrected chi connectivity index (χ3v) is 4.56. The number of anilines is 1. The van der Waals surface area contributed by atoms with E-state index in [0.717, 1.165) is 34.3 Å². The first-order valence-corrected chi connectivity index (χ1v) is 8.22. The van der Waals surface area contributed by atoms with E-state index in [0.29, 0.717) is 18.7 Å². The number of amidine groups is 1. The minimum atomic E-state index is -0.786. The number of rotatable bonds is 4. The van der Waals surface area contributed by atoms with Gasteiger partial charge in [-0.05, 0) is 30.3 Å². The fourth-order valence-electron chi connectivity index (χ4n) is 3.00. The topological polar surface area (TPSA) is 95.8 Å². The zero-order valence-corrected chi connectivity index (χ0v) is 14.2. The Hall–Kier alpha value is -3.29. The van der Waals surface area contributed by atoms with Crippen LogP contribution in [0.2, 0.25) is 0 Å². The number of fused-ring (bicyclic) bond motifs is 1. The van der Waals surface area contributed by atoms with E-state index < -0.39 is 6.17 Å². The lowest BCUT2D eigenvalue weighted by Gasteiger charge is -2.35. The molecule has 26 heavy (non-hydrogen) atoms. The maximum Gasteiger partial charge on any atom is 0.135 e. The molecule has 0 saturated carbocycles. The van der Waals surface area contributed by atoms with Crippen LogP contribution in [0.25, 0.3) is 22.2 Å². The maximum atomic E-state index is 13.1. The van der Waals surface area contributed by atoms with Crippen LogP contribution in [0.3, 0.4) is 0 Å². The summed E-state index contributed by atoms with van der Waals surface area (Å²) in [6.45, 7) is 0.740. The first-order valence-electron chi connectivity index (χ1n) is 8.22. The number of halogens is 1. The minimum absolute atomic E-state index is 0.235. The van der Waals surface area contributed by atoms with Crippen LogP contribution in [0.1, 0.15) is 5.56 Å². The fraction of sp³-hybridized carbons (Fsp3) is 0.222. The standard InChI is InChI=1S/C18H18FN7/c1-25(10-20)18(21)12-2-3-15-14(6-12)17(24-23-15)11-4-5-22-16(7-11)26-8-13(19)9-26/h2-7,10,13,20-21H,8-9H2,1H3,(H,23,24). The van der Waals surface area contributed by atoms with Crippen LogP contribution in [-0.4, -0.2) is 58.6 Å². The molecular weight excluding hydrogens is 333 g/mol. The number of hydrogen-bond acceptors (Lipinski definition) is 5. The van der Waals surface area contributed by atoms with Crippen LogP contribution in [-0.2, 0) is 0 Å². The number of aromatic amines is 1. The van der Waals surface area contributed by atoms with Gasteiger partial charge < -0.3 is 9.80 Å². The average Bonchev–Trinajstić information content (AvgIpc) is 3.07. The van der Waals surface area contributed by atoms with Gasteiger partial charge in [-0.25, -0.2) is 9.37 Å². The second kappa shape index (κ2) is 6.21. The van der Waals surface area contributed by atoms with Crippen LogP contribution in [0.4, 0.5) is 10.2 Å². The van der Waals surface area contributed by atoms with Crippen LogP contribution in [0.15, 0.2) is 36.5 Å². The summed E-state index contributed by atoms with van der Waals surface area (Å²) in [4.78, 5) is 7.65. The van der Waals surface area contributed by atoms with Gasteiger partial charge >= 0.3 is 0 Å². The second-order valence-corrected chi connectivity index (χ2v) is 6.33. The largest absolute Gasteiger partial charge is 0.351 e. The van der Waals surface area contributed by atoms with Crippen molar-refractivity contribution >= 4 is 28.9 Å². The maximum absolute atomic E-state index is 13.1. The number of benzene rings is 1. The molecule has 8 heteroatoms. The molecule has 4 rings (SSSR count). The van der Waals surface area contributed by atoms with Crippen LogP contribution >= 0.6 is 0 Å². The van der Waals surface area contributed by atoms with Gasteiger partial charge in [0.15, 0.2) is 0 Å². The third-order valence-electron chi connectivity index (χ3n) is 4.56. The Morgan fingerprint density at radius 1 is 1.35 bits per heavy atom. The SMILES string of the molecule is CN(C=N)C(=N)c1ccc2[nH]nc(-c3ccnc(N4CC(F)C4)c3)c2c1. The quantitative estimate of drug-likeness (QED) is 0.497. The van der Waals surface area contributed by atoms with E-state index in [2.05, 4.69) is 15.2 Å². The predicted molar refractivity (Wildman–Crippen MR) is 99.8 cm³/mol. The predicted octanol–water partition coefficient (Wildman–Crippen LogP) is 2.65. The molecule has 3 N–H and O–H groups in total. The molecule has 0 aliphatic carbocycles. The van der Waals surface area contributed by atoms with Crippen molar-refractivity contribution in [3.8, 4) is 11.3 Å². The molecule has 132 valence electrons. The van der Waals surface area contributed by atoms with Gasteiger partial charge in [-0.1, -0.05) is 0 Å². The van der Waals surface area contributed by atoms with Crippen molar-refractivity contribution < 1.29 is 4.39 Å². The highest BCUT2D eigenvalue weighted by Gasteiger charge is 2.27. The van der Waals surface area contributed by atoms with Crippen LogP contribution in [0.5, 0.6) is 0 Å². The molecule has 3 aromatic rings. The fourth-order valence-corrected chi connectivity index (χ4v) is 3.00. The molecule has 1 saturated heterocycles. The van der Waals surface area contributed by atoms with E-state index in [1.54, 1.807) is 13.2 Å². The lowest BCUT2D eigenvalue weighted by atomic mass is 10.0. The molecule has 0 unspecified atom stereocenters. The average molecular weight is 351 g/mol. The van der Waals surface area contributed by atoms with Gasteiger partial charge in [-0.3, -0.25) is 15.9 Å². The second-order valence-electron chi connectivity index (χ2n) is 6.33. The van der Waals surface area contributed by atoms with Crippen molar-refractivity contribution in [1.82, 2.24) is 20.1 Å². The van der Waals surface area contributed by atoms with Gasteiger partial charge in [0, 0.05) is 29.8 Å². The molecule has 0 amide bonds. The van der Waals surface area contributed by atoms with Crippen molar-refractivity contribution in [3.63, 3.8) is 0 Å². The zero-order valence-electron chi connectivity index (χ0n) is 14.2. The minimum Gasteiger partial charge on any atom is -0.351 e. The number of alkyl halides is 1. The van der Waals surface area contributed by atoms with Crippen LogP contribution < -0.4 is 4.90 Å². The van der Waals surface area contributed by atoms with E-state index >= 15 is 0 Å². The summed E-state index contributed by atoms with van der Waals surface area (Å²) in [5.41, 5.74) is 3.20. The van der Waals surface area contributed by atoms with E-state index in [1.165, 1.54) is 4.90 Å². The number of pyridine rings is 1. The Labute approximate surface area is 149 Å². The van der Waals surface area contributed by atoms with Crippen molar-refractivity contribution in [2.75, 3.05) is 25.0 Å². The molecule has 0 bridgehead atoms. The normalized spacial score (nSPS) is 14.3. The van der Waals surface area contributed by atoms with Gasteiger partial charge in [-0.2, -0.15) is 5.10 Å². The molecule has 1 aliphatic heterocycles. The molecular formula is C18H18FN7. The third kappa shape index (κ3) is 2.69. The number of nitrogens with zero attached hydrogens (tertiary/aromatic N) is 4. The lowest BCUT2D eigenvalue weighted by Crippen LogP contribution is -2.48. The summed E-state index contributed by atoms with van der Waals surface area (Å²) in [5.74, 6) is 0.971. The Balaban J connectivity index is 1.74. The number of H-pyrrole nitrogens is 1. The van der Waals surface area contributed by atoms with Gasteiger partial charge in [0.25, 0.3) is 0 Å². The molecule has 0 radical (unpaired) electrons. The first kappa shape index (κ1) is 16.2. The van der Waals surface area contributed by atoms with E-state index in [1.807, 2.05) is 35.2 Å². The van der Waals surface area contributed by atoms with E-state index in [9.17, 15) is 4.39 Å². The van der Waals surface area contributed by atoms with Crippen LogP contribution in [0, 0.1) is 10.8 Å². The number of nitrogens with one attached hydrogen (secondary N) is 3. The van der Waals surface area contributed by atoms with E-state index in [4.69, 9.17) is 10.8 Å². The van der Waals surface area contributed by atoms with Gasteiger partial charge in [0.05, 0.1) is 24.9 Å². The zero-order chi connectivity index (χ0) is 18.3. The summed E-state index contributed by atoms with van der Waals surface area (Å²) in [5, 5.41) is 23.8. The van der Waals surface area contributed by atoms with Crippen molar-refractivity contribution in [1.29, 1.82) is 10.8 Å². The highest BCUT2D eigenvalue weighted by Crippen LogP contribution is 2.30. The highest BCUT2D eigenvalue weighted by molar-refractivity contribution is 6.05. The van der Waals surface area contributed by atoms with Gasteiger partial charge in [-0.15, -0.1) is 0 Å². The molecule has 0 atom stereocenters. The Kier molecular flexibility index (Phi) is 3.87. The smallest absolute Gasteiger partial charge is 0.135 e. The molecule has 0 spiro atoms. The van der Waals surface area contributed by atoms with Crippen molar-refractivity contribution in [2.45, 2.75) is 6.17 Å². The molecule has 7 nitrogen and oxygen atoms in total. The lowest BCUT2D eigenvalue weighted by molar-refractivity contribution is 0.273. The number of hydrogen-bond donors (Lipinski definition) is 3. The molecule has 1 fully saturated rings. The Morgan fingerprint density at radius 3 is 2.88 bits per heavy atom. The first-order chi connectivity index (χ1) is 12.6. The van der Waals surface area contributed by atoms with Gasteiger partial charge in [0.1, 0.15) is 23.5 Å². The molecule has 1 aromatic carbocycles. The summed E-state index contributed by atoms with van der Waals surface area (Å²) in [7, 11) is 1.66. The summed E-state index contributed by atoms with van der Waals surface area (Å²) < 4.78 is 13.1. The van der Waals surface area contributed by atoms with Crippen molar-refractivity contribution in [3.05, 3.63) is 42.1 Å².